The van der Waals surface area contributed by atoms with Crippen molar-refractivity contribution >= 4 is 15.9 Å². The summed E-state index contributed by atoms with van der Waals surface area (Å²) in [6, 6.07) is 0.251. The third-order valence-corrected chi connectivity index (χ3v) is 3.42. The second kappa shape index (κ2) is 4.84. The van der Waals surface area contributed by atoms with Gasteiger partial charge >= 0.3 is 6.09 Å². The fourth-order valence-electron chi connectivity index (χ4n) is 1.65. The van der Waals surface area contributed by atoms with Crippen LogP contribution in [0.3, 0.4) is 0 Å². The number of carbonyl (C=O) groups excluding carboxylic acids is 1. The maximum Gasteiger partial charge on any atom is 0.410 e. The molecule has 0 unspecified atom stereocenters. The summed E-state index contributed by atoms with van der Waals surface area (Å²) in [7, 11) is -3.08. The lowest BCUT2D eigenvalue weighted by Gasteiger charge is -2.34. The SMILES string of the molecule is CC(C)(C)N(C(=O)OCCS(C)(=O)=O)C1CC1. The maximum absolute atomic E-state index is 11.9. The molecule has 0 atom stereocenters. The second-order valence-corrected chi connectivity index (χ2v) is 7.78. The van der Waals surface area contributed by atoms with E-state index in [1.807, 2.05) is 20.8 Å². The van der Waals surface area contributed by atoms with Gasteiger partial charge < -0.3 is 9.64 Å². The molecule has 0 bridgehead atoms. The van der Waals surface area contributed by atoms with Crippen molar-refractivity contribution in [1.29, 1.82) is 0 Å². The van der Waals surface area contributed by atoms with Crippen LogP contribution in [0.15, 0.2) is 0 Å². The van der Waals surface area contributed by atoms with Gasteiger partial charge in [0.2, 0.25) is 0 Å². The van der Waals surface area contributed by atoms with Crippen molar-refractivity contribution in [3.8, 4) is 0 Å². The van der Waals surface area contributed by atoms with Gasteiger partial charge in [-0.2, -0.15) is 0 Å². The Morgan fingerprint density at radius 1 is 1.35 bits per heavy atom. The predicted molar refractivity (Wildman–Crippen MR) is 65.7 cm³/mol. The first-order chi connectivity index (χ1) is 7.61. The van der Waals surface area contributed by atoms with Crippen molar-refractivity contribution in [3.63, 3.8) is 0 Å². The lowest BCUT2D eigenvalue weighted by Crippen LogP contribution is -2.47. The number of hydrogen-bond acceptors (Lipinski definition) is 4. The summed E-state index contributed by atoms with van der Waals surface area (Å²) < 4.78 is 26.9. The highest BCUT2D eigenvalue weighted by molar-refractivity contribution is 7.90. The number of sulfone groups is 1. The van der Waals surface area contributed by atoms with Gasteiger partial charge in [0.1, 0.15) is 6.61 Å². The van der Waals surface area contributed by atoms with E-state index in [0.717, 1.165) is 19.1 Å². The normalized spacial score (nSPS) is 16.7. The Labute approximate surface area is 103 Å². The molecule has 0 heterocycles. The molecule has 0 aliphatic heterocycles. The van der Waals surface area contributed by atoms with E-state index in [0.29, 0.717) is 0 Å². The Kier molecular flexibility index (Phi) is 4.06. The molecule has 1 amide bonds. The van der Waals surface area contributed by atoms with Crippen LogP contribution in [0.4, 0.5) is 4.79 Å². The molecular formula is C11H21NO4S. The number of carbonyl (C=O) groups is 1. The van der Waals surface area contributed by atoms with E-state index in [9.17, 15) is 13.2 Å². The summed E-state index contributed by atoms with van der Waals surface area (Å²) in [5.41, 5.74) is -0.288. The van der Waals surface area contributed by atoms with E-state index >= 15 is 0 Å². The molecule has 0 aromatic heterocycles. The largest absolute Gasteiger partial charge is 0.448 e. The molecule has 17 heavy (non-hydrogen) atoms. The van der Waals surface area contributed by atoms with Crippen LogP contribution in [0.2, 0.25) is 0 Å². The summed E-state index contributed by atoms with van der Waals surface area (Å²) in [6.45, 7) is 5.77. The molecule has 0 aromatic rings. The van der Waals surface area contributed by atoms with Crippen LogP contribution >= 0.6 is 0 Å². The fraction of sp³-hybridized carbons (Fsp3) is 0.909. The van der Waals surface area contributed by atoms with Gasteiger partial charge in [0.15, 0.2) is 9.84 Å². The lowest BCUT2D eigenvalue weighted by atomic mass is 10.1. The maximum atomic E-state index is 11.9. The third-order valence-electron chi connectivity index (χ3n) is 2.51. The van der Waals surface area contributed by atoms with Crippen LogP contribution in [0.5, 0.6) is 0 Å². The first-order valence-corrected chi connectivity index (χ1v) is 7.81. The van der Waals surface area contributed by atoms with Crippen LogP contribution < -0.4 is 0 Å². The van der Waals surface area contributed by atoms with E-state index in [1.165, 1.54) is 0 Å². The van der Waals surface area contributed by atoms with E-state index in [4.69, 9.17) is 4.74 Å². The zero-order chi connectivity index (χ0) is 13.3. The Bertz CT molecular complexity index is 379. The van der Waals surface area contributed by atoms with Crippen LogP contribution in [-0.2, 0) is 14.6 Å². The topological polar surface area (TPSA) is 63.7 Å². The van der Waals surface area contributed by atoms with Crippen LogP contribution in [-0.4, -0.2) is 49.6 Å². The second-order valence-electron chi connectivity index (χ2n) is 5.52. The van der Waals surface area contributed by atoms with Crippen LogP contribution in [0, 0.1) is 0 Å². The molecule has 100 valence electrons. The molecule has 1 aliphatic carbocycles. The summed E-state index contributed by atoms with van der Waals surface area (Å²) in [4.78, 5) is 13.6. The van der Waals surface area contributed by atoms with Crippen molar-refractivity contribution < 1.29 is 17.9 Å². The Morgan fingerprint density at radius 2 is 1.88 bits per heavy atom. The van der Waals surface area contributed by atoms with Gasteiger partial charge in [0.05, 0.1) is 5.75 Å². The van der Waals surface area contributed by atoms with Crippen molar-refractivity contribution in [1.82, 2.24) is 4.90 Å². The quantitative estimate of drug-likeness (QED) is 0.769. The minimum Gasteiger partial charge on any atom is -0.448 e. The van der Waals surface area contributed by atoms with Crippen molar-refractivity contribution in [2.45, 2.75) is 45.2 Å². The van der Waals surface area contributed by atoms with Crippen LogP contribution in [0.1, 0.15) is 33.6 Å². The Balaban J connectivity index is 2.50. The number of rotatable bonds is 4. The average molecular weight is 263 g/mol. The molecule has 1 rings (SSSR count). The Hall–Kier alpha value is -0.780. The number of nitrogens with zero attached hydrogens (tertiary/aromatic N) is 1. The molecule has 0 spiro atoms. The highest BCUT2D eigenvalue weighted by Crippen LogP contribution is 2.33. The fourth-order valence-corrected chi connectivity index (χ4v) is 2.04. The van der Waals surface area contributed by atoms with E-state index in [2.05, 4.69) is 0 Å². The smallest absolute Gasteiger partial charge is 0.410 e. The number of hydrogen-bond donors (Lipinski definition) is 0. The molecule has 1 saturated carbocycles. The molecule has 1 aliphatic rings. The van der Waals surface area contributed by atoms with Crippen LogP contribution in [0.25, 0.3) is 0 Å². The molecule has 1 fully saturated rings. The monoisotopic (exact) mass is 263 g/mol. The van der Waals surface area contributed by atoms with Gasteiger partial charge in [-0.25, -0.2) is 13.2 Å². The molecule has 0 N–H and O–H groups in total. The molecule has 0 saturated heterocycles. The molecule has 5 nitrogen and oxygen atoms in total. The van der Waals surface area contributed by atoms with Gasteiger partial charge in [-0.15, -0.1) is 0 Å². The molecular weight excluding hydrogens is 242 g/mol. The van der Waals surface area contributed by atoms with Gasteiger partial charge in [0.25, 0.3) is 0 Å². The molecule has 0 radical (unpaired) electrons. The highest BCUT2D eigenvalue weighted by atomic mass is 32.2. The van der Waals surface area contributed by atoms with E-state index in [-0.39, 0.29) is 23.9 Å². The minimum atomic E-state index is -3.08. The zero-order valence-corrected chi connectivity index (χ0v) is 11.7. The number of ether oxygens (including phenoxy) is 1. The van der Waals surface area contributed by atoms with Gasteiger partial charge in [-0.05, 0) is 33.6 Å². The van der Waals surface area contributed by atoms with Crippen molar-refractivity contribution in [2.24, 2.45) is 0 Å². The summed E-state index contributed by atoms with van der Waals surface area (Å²) in [5.74, 6) is -0.124. The highest BCUT2D eigenvalue weighted by Gasteiger charge is 2.40. The van der Waals surface area contributed by atoms with Gasteiger partial charge in [-0.1, -0.05) is 0 Å². The van der Waals surface area contributed by atoms with Gasteiger partial charge in [0, 0.05) is 17.8 Å². The first kappa shape index (κ1) is 14.3. The lowest BCUT2D eigenvalue weighted by molar-refractivity contribution is 0.0675. The van der Waals surface area contributed by atoms with E-state index < -0.39 is 15.9 Å². The summed E-state index contributed by atoms with van der Waals surface area (Å²) in [6.07, 6.45) is 2.71. The van der Waals surface area contributed by atoms with Gasteiger partial charge in [-0.3, -0.25) is 0 Å². The Morgan fingerprint density at radius 3 is 2.24 bits per heavy atom. The predicted octanol–water partition coefficient (Wildman–Crippen LogP) is 1.43. The van der Waals surface area contributed by atoms with E-state index in [1.54, 1.807) is 4.90 Å². The van der Waals surface area contributed by atoms with Crippen molar-refractivity contribution in [2.75, 3.05) is 18.6 Å². The average Bonchev–Trinajstić information content (AvgIpc) is 2.82. The third kappa shape index (κ3) is 4.93. The first-order valence-electron chi connectivity index (χ1n) is 5.75. The zero-order valence-electron chi connectivity index (χ0n) is 10.9. The summed E-state index contributed by atoms with van der Waals surface area (Å²) in [5, 5.41) is 0. The van der Waals surface area contributed by atoms with Crippen molar-refractivity contribution in [3.05, 3.63) is 0 Å². The molecule has 0 aromatic carbocycles. The molecule has 6 heteroatoms. The number of amides is 1. The standard InChI is InChI=1S/C11H21NO4S/c1-11(2,3)12(9-5-6-9)10(13)16-7-8-17(4,14)15/h9H,5-8H2,1-4H3. The summed E-state index contributed by atoms with van der Waals surface area (Å²) >= 11 is 0. The minimum absolute atomic E-state index is 0.0725.